The van der Waals surface area contributed by atoms with Gasteiger partial charge in [0.1, 0.15) is 11.6 Å². The van der Waals surface area contributed by atoms with Crippen molar-refractivity contribution in [2.45, 2.75) is 37.8 Å². The number of nitro benzene ring substituents is 1. The van der Waals surface area contributed by atoms with Gasteiger partial charge in [-0.1, -0.05) is 0 Å². The number of carbonyl (C=O) groups excluding carboxylic acids is 1. The van der Waals surface area contributed by atoms with Gasteiger partial charge >= 0.3 is 0 Å². The van der Waals surface area contributed by atoms with Gasteiger partial charge in [-0.2, -0.15) is 4.98 Å². The van der Waals surface area contributed by atoms with Crippen LogP contribution in [0.1, 0.15) is 36.0 Å². The van der Waals surface area contributed by atoms with Crippen LogP contribution in [0.2, 0.25) is 0 Å². The Bertz CT molecular complexity index is 912. The second-order valence-corrected chi connectivity index (χ2v) is 7.44. The van der Waals surface area contributed by atoms with Crippen LogP contribution >= 0.6 is 0 Å². The summed E-state index contributed by atoms with van der Waals surface area (Å²) in [4.78, 5) is 33.7. The first-order valence-corrected chi connectivity index (χ1v) is 9.77. The molecule has 1 aromatic carbocycles. The van der Waals surface area contributed by atoms with Gasteiger partial charge in [-0.3, -0.25) is 14.9 Å². The zero-order valence-electron chi connectivity index (χ0n) is 17.3. The van der Waals surface area contributed by atoms with E-state index in [0.717, 1.165) is 31.5 Å². The van der Waals surface area contributed by atoms with E-state index in [1.54, 1.807) is 6.20 Å². The van der Waals surface area contributed by atoms with E-state index < -0.39 is 4.92 Å². The van der Waals surface area contributed by atoms with Gasteiger partial charge in [0.05, 0.1) is 23.7 Å². The lowest BCUT2D eigenvalue weighted by molar-refractivity contribution is -0.384. The second-order valence-electron chi connectivity index (χ2n) is 7.44. The fourth-order valence-electron chi connectivity index (χ4n) is 3.48. The summed E-state index contributed by atoms with van der Waals surface area (Å²) in [6.45, 7) is 0. The summed E-state index contributed by atoms with van der Waals surface area (Å²) >= 11 is 0. The molecule has 0 saturated heterocycles. The number of anilines is 2. The molecule has 1 aliphatic rings. The van der Waals surface area contributed by atoms with Crippen molar-refractivity contribution in [1.29, 1.82) is 0 Å². The minimum Gasteiger partial charge on any atom is -0.496 e. The first kappa shape index (κ1) is 21.3. The van der Waals surface area contributed by atoms with Crippen LogP contribution in [0.5, 0.6) is 5.75 Å². The quantitative estimate of drug-likeness (QED) is 0.524. The molecule has 1 aromatic heterocycles. The Morgan fingerprint density at radius 1 is 1.20 bits per heavy atom. The Hall–Kier alpha value is -3.43. The van der Waals surface area contributed by atoms with Crippen LogP contribution in [-0.4, -0.2) is 54.1 Å². The number of amides is 1. The van der Waals surface area contributed by atoms with E-state index in [1.165, 1.54) is 25.3 Å². The van der Waals surface area contributed by atoms with Gasteiger partial charge in [-0.25, -0.2) is 4.98 Å². The first-order valence-electron chi connectivity index (χ1n) is 9.77. The molecule has 3 rings (SSSR count). The molecule has 1 saturated carbocycles. The van der Waals surface area contributed by atoms with E-state index in [-0.39, 0.29) is 35.0 Å². The predicted molar refractivity (Wildman–Crippen MR) is 113 cm³/mol. The summed E-state index contributed by atoms with van der Waals surface area (Å²) < 4.78 is 5.16. The summed E-state index contributed by atoms with van der Waals surface area (Å²) in [6.07, 6.45) is 5.10. The predicted octanol–water partition coefficient (Wildman–Crippen LogP) is 2.61. The lowest BCUT2D eigenvalue weighted by Gasteiger charge is -2.30. The first-order chi connectivity index (χ1) is 14.4. The zero-order valence-corrected chi connectivity index (χ0v) is 17.3. The maximum absolute atomic E-state index is 12.6. The fourth-order valence-corrected chi connectivity index (χ4v) is 3.48. The van der Waals surface area contributed by atoms with E-state index in [4.69, 9.17) is 4.74 Å². The lowest BCUT2D eigenvalue weighted by atomic mass is 9.91. The average Bonchev–Trinajstić information content (AvgIpc) is 2.74. The van der Waals surface area contributed by atoms with Gasteiger partial charge in [-0.15, -0.1) is 0 Å². The van der Waals surface area contributed by atoms with Crippen molar-refractivity contribution in [1.82, 2.24) is 15.3 Å². The number of aromatic nitrogens is 2. The maximum atomic E-state index is 12.6. The van der Waals surface area contributed by atoms with Gasteiger partial charge in [0.25, 0.3) is 11.6 Å². The summed E-state index contributed by atoms with van der Waals surface area (Å²) in [7, 11) is 5.25. The van der Waals surface area contributed by atoms with Crippen molar-refractivity contribution in [3.63, 3.8) is 0 Å². The maximum Gasteiger partial charge on any atom is 0.273 e. The van der Waals surface area contributed by atoms with E-state index >= 15 is 0 Å². The van der Waals surface area contributed by atoms with Crippen molar-refractivity contribution in [2.75, 3.05) is 31.4 Å². The Balaban J connectivity index is 1.55. The standard InChI is InChI=1S/C20H26N6O4/c1-25(2)18-10-11-21-20(24-18)23-14-6-4-13(5-7-14)22-19(27)16-9-8-15(26(28)29)12-17(16)30-3/h8-14H,4-7H2,1-3H3,(H,22,27)(H,21,23,24). The molecule has 10 heteroatoms. The summed E-state index contributed by atoms with van der Waals surface area (Å²) in [6, 6.07) is 6.12. The molecule has 0 spiro atoms. The van der Waals surface area contributed by atoms with Crippen LogP contribution in [0.4, 0.5) is 17.5 Å². The lowest BCUT2D eigenvalue weighted by Crippen LogP contribution is -2.40. The highest BCUT2D eigenvalue weighted by atomic mass is 16.6. The van der Waals surface area contributed by atoms with Crippen molar-refractivity contribution in [3.8, 4) is 5.75 Å². The monoisotopic (exact) mass is 414 g/mol. The molecule has 0 atom stereocenters. The Labute approximate surface area is 174 Å². The third-order valence-corrected chi connectivity index (χ3v) is 5.14. The van der Waals surface area contributed by atoms with E-state index in [9.17, 15) is 14.9 Å². The smallest absolute Gasteiger partial charge is 0.273 e. The number of hydrogen-bond acceptors (Lipinski definition) is 8. The number of benzene rings is 1. The number of methoxy groups -OCH3 is 1. The molecule has 2 aromatic rings. The molecule has 0 unspecified atom stereocenters. The molecule has 1 amide bonds. The van der Waals surface area contributed by atoms with Crippen molar-refractivity contribution < 1.29 is 14.5 Å². The molecular weight excluding hydrogens is 388 g/mol. The normalized spacial score (nSPS) is 18.4. The van der Waals surface area contributed by atoms with Gasteiger partial charge < -0.3 is 20.3 Å². The highest BCUT2D eigenvalue weighted by Gasteiger charge is 2.25. The van der Waals surface area contributed by atoms with E-state index in [2.05, 4.69) is 20.6 Å². The SMILES string of the molecule is COc1cc([N+](=O)[O-])ccc1C(=O)NC1CCC(Nc2nccc(N(C)C)n2)CC1. The molecule has 1 fully saturated rings. The van der Waals surface area contributed by atoms with Crippen molar-refractivity contribution in [2.24, 2.45) is 0 Å². The fraction of sp³-hybridized carbons (Fsp3) is 0.450. The van der Waals surface area contributed by atoms with E-state index in [1.807, 2.05) is 25.1 Å². The van der Waals surface area contributed by atoms with Crippen LogP contribution in [0.3, 0.4) is 0 Å². The molecule has 10 nitrogen and oxygen atoms in total. The number of non-ortho nitro benzene ring substituents is 1. The Morgan fingerprint density at radius 2 is 1.90 bits per heavy atom. The molecule has 2 N–H and O–H groups in total. The second kappa shape index (κ2) is 9.38. The Morgan fingerprint density at radius 3 is 2.53 bits per heavy atom. The topological polar surface area (TPSA) is 123 Å². The molecule has 1 aliphatic carbocycles. The molecule has 1 heterocycles. The summed E-state index contributed by atoms with van der Waals surface area (Å²) in [5.74, 6) is 1.34. The van der Waals surface area contributed by atoms with Crippen LogP contribution in [0.25, 0.3) is 0 Å². The third kappa shape index (κ3) is 5.13. The van der Waals surface area contributed by atoms with Crippen LogP contribution in [0, 0.1) is 10.1 Å². The highest BCUT2D eigenvalue weighted by molar-refractivity contribution is 5.97. The van der Waals surface area contributed by atoms with Crippen LogP contribution < -0.4 is 20.3 Å². The number of nitro groups is 1. The average molecular weight is 414 g/mol. The number of ether oxygens (including phenoxy) is 1. The van der Waals surface area contributed by atoms with Crippen LogP contribution in [0.15, 0.2) is 30.5 Å². The number of rotatable bonds is 7. The molecule has 0 bridgehead atoms. The number of carbonyl (C=O) groups is 1. The van der Waals surface area contributed by atoms with Crippen molar-refractivity contribution in [3.05, 3.63) is 46.1 Å². The Kier molecular flexibility index (Phi) is 6.65. The van der Waals surface area contributed by atoms with Gasteiger partial charge in [0.2, 0.25) is 5.95 Å². The largest absolute Gasteiger partial charge is 0.496 e. The minimum absolute atomic E-state index is 0.0319. The molecular formula is C20H26N6O4. The molecule has 160 valence electrons. The number of nitrogens with zero attached hydrogens (tertiary/aromatic N) is 4. The molecule has 0 radical (unpaired) electrons. The number of nitrogens with one attached hydrogen (secondary N) is 2. The summed E-state index contributed by atoms with van der Waals surface area (Å²) in [5.41, 5.74) is 0.174. The summed E-state index contributed by atoms with van der Waals surface area (Å²) in [5, 5.41) is 17.3. The van der Waals surface area contributed by atoms with E-state index in [0.29, 0.717) is 5.95 Å². The minimum atomic E-state index is -0.517. The third-order valence-electron chi connectivity index (χ3n) is 5.14. The molecule has 30 heavy (non-hydrogen) atoms. The number of hydrogen-bond donors (Lipinski definition) is 2. The van der Waals surface area contributed by atoms with Crippen molar-refractivity contribution >= 4 is 23.4 Å². The van der Waals surface area contributed by atoms with Gasteiger partial charge in [0.15, 0.2) is 0 Å². The van der Waals surface area contributed by atoms with Crippen LogP contribution in [-0.2, 0) is 0 Å². The zero-order chi connectivity index (χ0) is 21.7. The molecule has 0 aliphatic heterocycles. The van der Waals surface area contributed by atoms with Gasteiger partial charge in [-0.05, 0) is 37.8 Å². The van der Waals surface area contributed by atoms with Gasteiger partial charge in [0, 0.05) is 38.4 Å². The highest BCUT2D eigenvalue weighted by Crippen LogP contribution is 2.26.